The standard InChI is InChI=1S/C14H8F3N3O2S/c15-14(16,17)9-5-22-4-8-7-1-10(6-2-18-19-3-6)23-12(7)13(21)20-11(8)9/h1-3,5H,4H2,(H,18,19)(H,20,21). The molecule has 4 rings (SSSR count). The highest BCUT2D eigenvalue weighted by Crippen LogP contribution is 2.41. The van der Waals surface area contributed by atoms with Crippen molar-refractivity contribution in [2.24, 2.45) is 0 Å². The molecule has 0 saturated heterocycles. The number of pyridine rings is 1. The first-order chi connectivity index (χ1) is 10.9. The lowest BCUT2D eigenvalue weighted by molar-refractivity contribution is -0.0714. The Balaban J connectivity index is 2.00. The summed E-state index contributed by atoms with van der Waals surface area (Å²) in [6.07, 6.45) is -0.714. The number of thiophene rings is 1. The Hall–Kier alpha value is -2.55. The molecule has 2 N–H and O–H groups in total. The van der Waals surface area contributed by atoms with Crippen LogP contribution in [0, 0.1) is 0 Å². The van der Waals surface area contributed by atoms with Gasteiger partial charge in [0.05, 0.1) is 18.2 Å². The molecule has 3 aromatic heterocycles. The molecular weight excluding hydrogens is 331 g/mol. The number of allylic oxidation sites excluding steroid dienone is 1. The third-order valence-electron chi connectivity index (χ3n) is 3.59. The second-order valence-electron chi connectivity index (χ2n) is 4.99. The number of hydrogen-bond donors (Lipinski definition) is 2. The Morgan fingerprint density at radius 2 is 2.17 bits per heavy atom. The fourth-order valence-electron chi connectivity index (χ4n) is 2.55. The summed E-state index contributed by atoms with van der Waals surface area (Å²) >= 11 is 1.20. The second kappa shape index (κ2) is 4.72. The van der Waals surface area contributed by atoms with Crippen molar-refractivity contribution in [1.82, 2.24) is 15.2 Å². The fourth-order valence-corrected chi connectivity index (χ4v) is 3.61. The molecule has 0 radical (unpaired) electrons. The summed E-state index contributed by atoms with van der Waals surface area (Å²) in [5.41, 5.74) is -0.648. The lowest BCUT2D eigenvalue weighted by atomic mass is 10.0. The van der Waals surface area contributed by atoms with Crippen molar-refractivity contribution in [2.75, 3.05) is 0 Å². The SMILES string of the molecule is O=c1[nH]c2c(c3cc(-c4cn[nH]c4)sc13)COC=C2C(F)(F)F. The Morgan fingerprint density at radius 1 is 1.35 bits per heavy atom. The van der Waals surface area contributed by atoms with Crippen LogP contribution >= 0.6 is 11.3 Å². The number of aromatic amines is 2. The van der Waals surface area contributed by atoms with Crippen molar-refractivity contribution >= 4 is 27.0 Å². The van der Waals surface area contributed by atoms with Gasteiger partial charge in [-0.1, -0.05) is 0 Å². The van der Waals surface area contributed by atoms with Gasteiger partial charge in [0.2, 0.25) is 0 Å². The predicted octanol–water partition coefficient (Wildman–Crippen LogP) is 3.41. The third kappa shape index (κ3) is 2.15. The predicted molar refractivity (Wildman–Crippen MR) is 78.8 cm³/mol. The molecule has 0 spiro atoms. The number of halogens is 3. The van der Waals surface area contributed by atoms with Crippen LogP contribution in [0.1, 0.15) is 11.3 Å². The molecule has 9 heteroatoms. The summed E-state index contributed by atoms with van der Waals surface area (Å²) in [7, 11) is 0. The van der Waals surface area contributed by atoms with E-state index in [1.807, 2.05) is 0 Å². The Labute approximate surface area is 130 Å². The number of nitrogens with one attached hydrogen (secondary N) is 2. The lowest BCUT2D eigenvalue weighted by Crippen LogP contribution is -2.21. The van der Waals surface area contributed by atoms with E-state index in [2.05, 4.69) is 15.2 Å². The van der Waals surface area contributed by atoms with Crippen molar-refractivity contribution < 1.29 is 17.9 Å². The van der Waals surface area contributed by atoms with Crippen LogP contribution < -0.4 is 5.56 Å². The summed E-state index contributed by atoms with van der Waals surface area (Å²) < 4.78 is 44.6. The smallest absolute Gasteiger partial charge is 0.421 e. The van der Waals surface area contributed by atoms with Crippen LogP contribution in [0.3, 0.4) is 0 Å². The maximum absolute atomic E-state index is 13.1. The number of aromatic nitrogens is 3. The van der Waals surface area contributed by atoms with Crippen LogP contribution in [0.15, 0.2) is 29.5 Å². The molecule has 0 fully saturated rings. The van der Waals surface area contributed by atoms with Crippen LogP contribution in [0.4, 0.5) is 13.2 Å². The maximum Gasteiger partial charge on any atom is 0.421 e. The zero-order chi connectivity index (χ0) is 16.2. The number of alkyl halides is 3. The summed E-state index contributed by atoms with van der Waals surface area (Å²) in [5.74, 6) is 0. The number of H-pyrrole nitrogens is 2. The number of ether oxygens (including phenoxy) is 1. The van der Waals surface area contributed by atoms with Gasteiger partial charge in [-0.15, -0.1) is 11.3 Å². The molecule has 3 aromatic rings. The van der Waals surface area contributed by atoms with Crippen LogP contribution in [-0.4, -0.2) is 21.4 Å². The average molecular weight is 339 g/mol. The summed E-state index contributed by atoms with van der Waals surface area (Å²) in [4.78, 5) is 15.3. The van der Waals surface area contributed by atoms with Gasteiger partial charge in [0.25, 0.3) is 5.56 Å². The highest BCUT2D eigenvalue weighted by atomic mass is 32.1. The molecule has 0 aromatic carbocycles. The van der Waals surface area contributed by atoms with E-state index in [1.165, 1.54) is 11.3 Å². The minimum atomic E-state index is -4.60. The molecular formula is C14H8F3N3O2S. The molecule has 0 saturated carbocycles. The molecule has 4 heterocycles. The zero-order valence-corrected chi connectivity index (χ0v) is 12.1. The topological polar surface area (TPSA) is 70.8 Å². The van der Waals surface area contributed by atoms with E-state index in [9.17, 15) is 18.0 Å². The molecule has 118 valence electrons. The van der Waals surface area contributed by atoms with Gasteiger partial charge in [-0.2, -0.15) is 18.3 Å². The van der Waals surface area contributed by atoms with Gasteiger partial charge in [0.15, 0.2) is 0 Å². The van der Waals surface area contributed by atoms with E-state index in [-0.39, 0.29) is 12.3 Å². The van der Waals surface area contributed by atoms with Crippen LogP contribution in [0.5, 0.6) is 0 Å². The number of nitrogens with zero attached hydrogens (tertiary/aromatic N) is 1. The lowest BCUT2D eigenvalue weighted by Gasteiger charge is -2.20. The molecule has 1 aliphatic rings. The van der Waals surface area contributed by atoms with Crippen molar-refractivity contribution in [2.45, 2.75) is 12.8 Å². The first-order valence-corrected chi connectivity index (χ1v) is 7.34. The van der Waals surface area contributed by atoms with Crippen LogP contribution in [0.25, 0.3) is 26.1 Å². The normalized spacial score (nSPS) is 14.5. The van der Waals surface area contributed by atoms with Crippen molar-refractivity contribution in [3.8, 4) is 10.4 Å². The van der Waals surface area contributed by atoms with Gasteiger partial charge in [-0.25, -0.2) is 0 Å². The maximum atomic E-state index is 13.1. The minimum absolute atomic E-state index is 0.0241. The first kappa shape index (κ1) is 14.1. The molecule has 0 bridgehead atoms. The third-order valence-corrected chi connectivity index (χ3v) is 4.77. The van der Waals surface area contributed by atoms with Gasteiger partial charge in [0, 0.05) is 27.6 Å². The Kier molecular flexibility index (Phi) is 2.89. The number of fused-ring (bicyclic) bond motifs is 3. The largest absolute Gasteiger partial charge is 0.496 e. The molecule has 0 unspecified atom stereocenters. The first-order valence-electron chi connectivity index (χ1n) is 6.52. The second-order valence-corrected chi connectivity index (χ2v) is 6.04. The highest BCUT2D eigenvalue weighted by Gasteiger charge is 2.39. The van der Waals surface area contributed by atoms with E-state index < -0.39 is 17.3 Å². The number of hydrogen-bond acceptors (Lipinski definition) is 4. The summed E-state index contributed by atoms with van der Waals surface area (Å²) in [5, 5.41) is 6.97. The van der Waals surface area contributed by atoms with Gasteiger partial charge in [-0.3, -0.25) is 9.89 Å². The summed E-state index contributed by atoms with van der Waals surface area (Å²) in [6, 6.07) is 1.70. The molecule has 23 heavy (non-hydrogen) atoms. The monoisotopic (exact) mass is 339 g/mol. The molecule has 0 atom stereocenters. The minimum Gasteiger partial charge on any atom is -0.496 e. The Morgan fingerprint density at radius 3 is 2.87 bits per heavy atom. The molecule has 1 aliphatic heterocycles. The van der Waals surface area contributed by atoms with Crippen molar-refractivity contribution in [3.63, 3.8) is 0 Å². The quantitative estimate of drug-likeness (QED) is 0.714. The summed E-state index contributed by atoms with van der Waals surface area (Å²) in [6.45, 7) is -0.0241. The van der Waals surface area contributed by atoms with Crippen LogP contribution in [-0.2, 0) is 11.3 Å². The Bertz CT molecular complexity index is 983. The van der Waals surface area contributed by atoms with Gasteiger partial charge >= 0.3 is 6.18 Å². The van der Waals surface area contributed by atoms with Gasteiger partial charge in [0.1, 0.15) is 16.9 Å². The molecule has 0 amide bonds. The number of rotatable bonds is 1. The van der Waals surface area contributed by atoms with Gasteiger partial charge in [-0.05, 0) is 6.07 Å². The van der Waals surface area contributed by atoms with E-state index in [0.29, 0.717) is 21.9 Å². The van der Waals surface area contributed by atoms with E-state index >= 15 is 0 Å². The van der Waals surface area contributed by atoms with Crippen molar-refractivity contribution in [1.29, 1.82) is 0 Å². The van der Waals surface area contributed by atoms with Gasteiger partial charge < -0.3 is 9.72 Å². The van der Waals surface area contributed by atoms with E-state index in [4.69, 9.17) is 4.74 Å². The molecule has 0 aliphatic carbocycles. The fraction of sp³-hybridized carbons (Fsp3) is 0.143. The van der Waals surface area contributed by atoms with Crippen molar-refractivity contribution in [3.05, 3.63) is 46.3 Å². The van der Waals surface area contributed by atoms with E-state index in [1.54, 1.807) is 18.5 Å². The zero-order valence-electron chi connectivity index (χ0n) is 11.3. The van der Waals surface area contributed by atoms with E-state index in [0.717, 1.165) is 10.4 Å². The highest BCUT2D eigenvalue weighted by molar-refractivity contribution is 7.22. The van der Waals surface area contributed by atoms with Crippen LogP contribution in [0.2, 0.25) is 0 Å². The molecule has 5 nitrogen and oxygen atoms in total. The average Bonchev–Trinajstić information content (AvgIpc) is 3.15.